The predicted molar refractivity (Wildman–Crippen MR) is 78.5 cm³/mol. The lowest BCUT2D eigenvalue weighted by Gasteiger charge is -2.11. The first-order chi connectivity index (χ1) is 10.2. The number of ether oxygens (including phenoxy) is 2. The van der Waals surface area contributed by atoms with Crippen LogP contribution in [0.1, 0.15) is 10.4 Å². The molecule has 0 aliphatic rings. The Morgan fingerprint density at radius 3 is 2.71 bits per heavy atom. The fourth-order valence-electron chi connectivity index (χ4n) is 1.99. The van der Waals surface area contributed by atoms with Gasteiger partial charge in [-0.1, -0.05) is 18.2 Å². The Morgan fingerprint density at radius 2 is 2.05 bits per heavy atom. The van der Waals surface area contributed by atoms with Crippen molar-refractivity contribution in [2.45, 2.75) is 0 Å². The van der Waals surface area contributed by atoms with E-state index in [-0.39, 0.29) is 0 Å². The minimum atomic E-state index is -0.480. The first-order valence-corrected chi connectivity index (χ1v) is 6.18. The molecule has 2 N–H and O–H groups in total. The Hall–Kier alpha value is -2.89. The minimum Gasteiger partial charge on any atom is -0.496 e. The standard InChI is InChI=1S/C15H15N3O3/c1-20-13-6-4-3-5-10(13)12-8-17-14(18-9-16)7-11(12)15(19)21-2/h3-9H,1-2H3,(H2,16,17,18). The van der Waals surface area contributed by atoms with E-state index in [9.17, 15) is 4.79 Å². The van der Waals surface area contributed by atoms with Gasteiger partial charge >= 0.3 is 5.97 Å². The van der Waals surface area contributed by atoms with Crippen molar-refractivity contribution in [2.24, 2.45) is 4.99 Å². The molecule has 0 amide bonds. The van der Waals surface area contributed by atoms with Gasteiger partial charge in [0.1, 0.15) is 17.6 Å². The fraction of sp³-hybridized carbons (Fsp3) is 0.133. The molecule has 0 spiro atoms. The van der Waals surface area contributed by atoms with Crippen LogP contribution in [0, 0.1) is 5.41 Å². The van der Waals surface area contributed by atoms with E-state index in [4.69, 9.17) is 14.9 Å². The topological polar surface area (TPSA) is 87.5 Å². The molecule has 1 aromatic heterocycles. The van der Waals surface area contributed by atoms with E-state index in [0.29, 0.717) is 22.4 Å². The summed E-state index contributed by atoms with van der Waals surface area (Å²) in [7, 11) is 2.89. The van der Waals surface area contributed by atoms with Gasteiger partial charge in [0.25, 0.3) is 0 Å². The van der Waals surface area contributed by atoms with Crippen molar-refractivity contribution in [1.29, 1.82) is 5.41 Å². The molecule has 6 nitrogen and oxygen atoms in total. The molecule has 0 saturated carbocycles. The first kappa shape index (κ1) is 14.5. The summed E-state index contributed by atoms with van der Waals surface area (Å²) in [6.07, 6.45) is 2.54. The van der Waals surface area contributed by atoms with Crippen molar-refractivity contribution >= 4 is 12.3 Å². The van der Waals surface area contributed by atoms with Crippen molar-refractivity contribution in [1.82, 2.24) is 4.98 Å². The SMILES string of the molecule is COC(=O)c1c/c(=N/C=N)[nH]cc1-c1ccccc1OC. The molecule has 0 aliphatic carbocycles. The highest BCUT2D eigenvalue weighted by atomic mass is 16.5. The van der Waals surface area contributed by atoms with Crippen LogP contribution in [-0.4, -0.2) is 31.5 Å². The predicted octanol–water partition coefficient (Wildman–Crippen LogP) is 1.98. The summed E-state index contributed by atoms with van der Waals surface area (Å²) in [4.78, 5) is 18.7. The number of aromatic amines is 1. The number of nitrogens with zero attached hydrogens (tertiary/aromatic N) is 1. The Balaban J connectivity index is 2.70. The average molecular weight is 285 g/mol. The van der Waals surface area contributed by atoms with E-state index < -0.39 is 5.97 Å². The second-order valence-electron chi connectivity index (χ2n) is 4.10. The number of carbonyl (C=O) groups is 1. The van der Waals surface area contributed by atoms with Crippen molar-refractivity contribution in [3.8, 4) is 16.9 Å². The molecule has 21 heavy (non-hydrogen) atoms. The van der Waals surface area contributed by atoms with Gasteiger partial charge in [-0.05, 0) is 12.1 Å². The van der Waals surface area contributed by atoms with Gasteiger partial charge in [-0.3, -0.25) is 5.41 Å². The van der Waals surface area contributed by atoms with Crippen LogP contribution in [0.2, 0.25) is 0 Å². The van der Waals surface area contributed by atoms with E-state index in [1.165, 1.54) is 7.11 Å². The highest BCUT2D eigenvalue weighted by Crippen LogP contribution is 2.31. The van der Waals surface area contributed by atoms with Crippen LogP contribution < -0.4 is 10.2 Å². The molecular formula is C15H15N3O3. The number of carbonyl (C=O) groups excluding carboxylic acids is 1. The highest BCUT2D eigenvalue weighted by Gasteiger charge is 2.16. The van der Waals surface area contributed by atoms with Crippen molar-refractivity contribution in [3.63, 3.8) is 0 Å². The summed E-state index contributed by atoms with van der Waals surface area (Å²) in [5.74, 6) is 0.166. The number of aromatic nitrogens is 1. The highest BCUT2D eigenvalue weighted by molar-refractivity contribution is 5.97. The van der Waals surface area contributed by atoms with Crippen LogP contribution in [-0.2, 0) is 4.74 Å². The zero-order valence-corrected chi connectivity index (χ0v) is 11.7. The smallest absolute Gasteiger partial charge is 0.338 e. The van der Waals surface area contributed by atoms with E-state index in [2.05, 4.69) is 9.98 Å². The van der Waals surface area contributed by atoms with Crippen LogP contribution in [0.25, 0.3) is 11.1 Å². The van der Waals surface area contributed by atoms with Gasteiger partial charge in [-0.15, -0.1) is 0 Å². The maximum absolute atomic E-state index is 12.0. The van der Waals surface area contributed by atoms with E-state index >= 15 is 0 Å². The minimum absolute atomic E-state index is 0.348. The summed E-state index contributed by atoms with van der Waals surface area (Å²) in [5, 5.41) is 7.00. The third-order valence-electron chi connectivity index (χ3n) is 2.94. The monoisotopic (exact) mass is 285 g/mol. The molecule has 0 fully saturated rings. The molecular weight excluding hydrogens is 270 g/mol. The van der Waals surface area contributed by atoms with E-state index in [1.54, 1.807) is 19.4 Å². The maximum Gasteiger partial charge on any atom is 0.338 e. The third kappa shape index (κ3) is 3.00. The Morgan fingerprint density at radius 1 is 1.29 bits per heavy atom. The second kappa shape index (κ2) is 6.51. The molecule has 0 saturated heterocycles. The van der Waals surface area contributed by atoms with Gasteiger partial charge in [0.05, 0.1) is 19.8 Å². The number of hydrogen-bond donors (Lipinski definition) is 2. The van der Waals surface area contributed by atoms with Crippen LogP contribution in [0.3, 0.4) is 0 Å². The number of H-pyrrole nitrogens is 1. The number of methoxy groups -OCH3 is 2. The summed E-state index contributed by atoms with van der Waals surface area (Å²) in [6.45, 7) is 0. The number of pyridine rings is 1. The normalized spacial score (nSPS) is 11.0. The lowest BCUT2D eigenvalue weighted by molar-refractivity contribution is 0.0601. The Labute approximate surface area is 121 Å². The molecule has 0 unspecified atom stereocenters. The average Bonchev–Trinajstić information content (AvgIpc) is 2.54. The second-order valence-corrected chi connectivity index (χ2v) is 4.10. The number of benzene rings is 1. The quantitative estimate of drug-likeness (QED) is 0.511. The zero-order valence-electron chi connectivity index (χ0n) is 11.7. The maximum atomic E-state index is 12.0. The number of para-hydroxylation sites is 1. The molecule has 108 valence electrons. The Bertz CT molecular complexity index is 735. The Kier molecular flexibility index (Phi) is 4.50. The number of hydrogen-bond acceptors (Lipinski definition) is 4. The molecule has 0 radical (unpaired) electrons. The first-order valence-electron chi connectivity index (χ1n) is 6.18. The molecule has 0 bridgehead atoms. The van der Waals surface area contributed by atoms with Crippen LogP contribution in [0.5, 0.6) is 5.75 Å². The van der Waals surface area contributed by atoms with Crippen LogP contribution >= 0.6 is 0 Å². The van der Waals surface area contributed by atoms with Crippen molar-refractivity contribution in [2.75, 3.05) is 14.2 Å². The summed E-state index contributed by atoms with van der Waals surface area (Å²) in [5.41, 5.74) is 2.15. The third-order valence-corrected chi connectivity index (χ3v) is 2.94. The number of rotatable bonds is 4. The summed E-state index contributed by atoms with van der Waals surface area (Å²) < 4.78 is 10.1. The molecule has 1 heterocycles. The lowest BCUT2D eigenvalue weighted by atomic mass is 10.0. The molecule has 6 heteroatoms. The largest absolute Gasteiger partial charge is 0.496 e. The van der Waals surface area contributed by atoms with Crippen molar-refractivity contribution in [3.05, 3.63) is 47.6 Å². The lowest BCUT2D eigenvalue weighted by Crippen LogP contribution is -2.14. The van der Waals surface area contributed by atoms with Gasteiger partial charge in [0.15, 0.2) is 0 Å². The van der Waals surface area contributed by atoms with E-state index in [0.717, 1.165) is 11.9 Å². The van der Waals surface area contributed by atoms with E-state index in [1.807, 2.05) is 24.3 Å². The van der Waals surface area contributed by atoms with Crippen LogP contribution in [0.4, 0.5) is 0 Å². The fourth-order valence-corrected chi connectivity index (χ4v) is 1.99. The molecule has 1 aromatic carbocycles. The van der Waals surface area contributed by atoms with Gasteiger partial charge in [0, 0.05) is 17.3 Å². The zero-order chi connectivity index (χ0) is 15.2. The van der Waals surface area contributed by atoms with Gasteiger partial charge < -0.3 is 14.5 Å². The molecule has 0 atom stereocenters. The molecule has 2 aromatic rings. The molecule has 0 aliphatic heterocycles. The van der Waals surface area contributed by atoms with Gasteiger partial charge in [-0.2, -0.15) is 0 Å². The number of esters is 1. The van der Waals surface area contributed by atoms with Gasteiger partial charge in [-0.25, -0.2) is 9.79 Å². The van der Waals surface area contributed by atoms with Crippen LogP contribution in [0.15, 0.2) is 41.5 Å². The van der Waals surface area contributed by atoms with Crippen molar-refractivity contribution < 1.29 is 14.3 Å². The summed E-state index contributed by atoms with van der Waals surface area (Å²) >= 11 is 0. The molecule has 2 rings (SSSR count). The van der Waals surface area contributed by atoms with Gasteiger partial charge in [0.2, 0.25) is 0 Å². The summed E-state index contributed by atoms with van der Waals surface area (Å²) in [6, 6.07) is 8.91. The number of nitrogens with one attached hydrogen (secondary N) is 2.